The Hall–Kier alpha value is -1.51. The van der Waals surface area contributed by atoms with Crippen LogP contribution < -0.4 is 4.90 Å². The molecule has 3 heteroatoms. The lowest BCUT2D eigenvalue weighted by Crippen LogP contribution is -2.26. The quantitative estimate of drug-likeness (QED) is 0.906. The van der Waals surface area contributed by atoms with Crippen molar-refractivity contribution < 1.29 is 5.11 Å². The van der Waals surface area contributed by atoms with Gasteiger partial charge in [-0.05, 0) is 48.6 Å². The highest BCUT2D eigenvalue weighted by molar-refractivity contribution is 6.33. The molecule has 0 spiro atoms. The summed E-state index contributed by atoms with van der Waals surface area (Å²) >= 11 is 6.42. The van der Waals surface area contributed by atoms with Crippen molar-refractivity contribution in [3.8, 4) is 0 Å². The zero-order chi connectivity index (χ0) is 14.8. The molecule has 0 aromatic heterocycles. The van der Waals surface area contributed by atoms with E-state index in [1.165, 1.54) is 11.1 Å². The molecule has 2 aromatic carbocycles. The van der Waals surface area contributed by atoms with Gasteiger partial charge in [0.15, 0.2) is 0 Å². The van der Waals surface area contributed by atoms with Crippen LogP contribution in [0.15, 0.2) is 42.5 Å². The number of anilines is 1. The van der Waals surface area contributed by atoms with E-state index in [1.807, 2.05) is 18.2 Å². The van der Waals surface area contributed by atoms with E-state index in [0.717, 1.165) is 42.2 Å². The maximum atomic E-state index is 9.64. The maximum absolute atomic E-state index is 9.64. The molecule has 0 bridgehead atoms. The van der Waals surface area contributed by atoms with E-state index in [9.17, 15) is 5.11 Å². The van der Waals surface area contributed by atoms with Gasteiger partial charge >= 0.3 is 0 Å². The molecule has 1 aliphatic heterocycles. The first-order chi connectivity index (χ1) is 10.1. The van der Waals surface area contributed by atoms with E-state index in [2.05, 4.69) is 29.2 Å². The zero-order valence-corrected chi connectivity index (χ0v) is 13.0. The number of nitrogens with zero attached hydrogens (tertiary/aromatic N) is 1. The van der Waals surface area contributed by atoms with E-state index < -0.39 is 6.10 Å². The second-order valence-electron chi connectivity index (χ2n) is 5.64. The minimum Gasteiger partial charge on any atom is -0.389 e. The fraction of sp³-hybridized carbons (Fsp3) is 0.333. The summed E-state index contributed by atoms with van der Waals surface area (Å²) in [4.78, 5) is 2.34. The molecule has 0 saturated carbocycles. The fourth-order valence-electron chi connectivity index (χ4n) is 2.95. The van der Waals surface area contributed by atoms with E-state index in [4.69, 9.17) is 11.6 Å². The molecular weight excluding hydrogens is 282 g/mol. The largest absolute Gasteiger partial charge is 0.389 e. The molecule has 1 heterocycles. The number of benzene rings is 2. The first-order valence-electron chi connectivity index (χ1n) is 7.44. The van der Waals surface area contributed by atoms with Gasteiger partial charge in [-0.2, -0.15) is 0 Å². The van der Waals surface area contributed by atoms with Gasteiger partial charge in [-0.15, -0.1) is 0 Å². The lowest BCUT2D eigenvalue weighted by atomic mass is 10.0. The molecule has 110 valence electrons. The number of halogens is 1. The van der Waals surface area contributed by atoms with Crippen molar-refractivity contribution in [2.45, 2.75) is 25.9 Å². The third-order valence-corrected chi connectivity index (χ3v) is 4.52. The molecule has 0 amide bonds. The molecule has 1 atom stereocenters. The summed E-state index contributed by atoms with van der Waals surface area (Å²) in [6, 6.07) is 14.5. The lowest BCUT2D eigenvalue weighted by molar-refractivity contribution is 0.199. The van der Waals surface area contributed by atoms with E-state index in [-0.39, 0.29) is 0 Å². The van der Waals surface area contributed by atoms with Gasteiger partial charge in [0.25, 0.3) is 0 Å². The Morgan fingerprint density at radius 1 is 1.05 bits per heavy atom. The topological polar surface area (TPSA) is 23.5 Å². The fourth-order valence-corrected chi connectivity index (χ4v) is 3.26. The molecule has 0 fully saturated rings. The summed E-state index contributed by atoms with van der Waals surface area (Å²) in [6.45, 7) is 3.71. The van der Waals surface area contributed by atoms with E-state index >= 15 is 0 Å². The Balaban J connectivity index is 1.83. The van der Waals surface area contributed by atoms with Crippen molar-refractivity contribution in [3.63, 3.8) is 0 Å². The summed E-state index contributed by atoms with van der Waals surface area (Å²) in [7, 11) is 0. The number of hydrogen-bond acceptors (Lipinski definition) is 2. The van der Waals surface area contributed by atoms with Gasteiger partial charge in [0, 0.05) is 13.1 Å². The summed E-state index contributed by atoms with van der Waals surface area (Å²) in [5, 5.41) is 10.4. The standard InChI is InChI=1S/C18H20ClNO/c1-13(21)16-6-7-18(17(19)12-16)20-10-8-14-4-2-3-5-15(14)9-11-20/h2-7,12-13,21H,8-11H2,1H3/t13-/m1/s1. The number of hydrogen-bond donors (Lipinski definition) is 1. The summed E-state index contributed by atoms with van der Waals surface area (Å²) in [6.07, 6.45) is 1.61. The predicted molar refractivity (Wildman–Crippen MR) is 88.1 cm³/mol. The van der Waals surface area contributed by atoms with E-state index in [1.54, 1.807) is 6.92 Å². The van der Waals surface area contributed by atoms with Gasteiger partial charge in [-0.3, -0.25) is 0 Å². The normalized spacial score (nSPS) is 16.2. The first kappa shape index (κ1) is 14.4. The van der Waals surface area contributed by atoms with Crippen molar-refractivity contribution in [1.82, 2.24) is 0 Å². The average Bonchev–Trinajstić information content (AvgIpc) is 2.70. The number of rotatable bonds is 2. The van der Waals surface area contributed by atoms with Crippen LogP contribution in [0.3, 0.4) is 0 Å². The average molecular weight is 302 g/mol. The Kier molecular flexibility index (Phi) is 4.18. The van der Waals surface area contributed by atoms with Gasteiger partial charge in [0.1, 0.15) is 0 Å². The number of aliphatic hydroxyl groups is 1. The van der Waals surface area contributed by atoms with Crippen LogP contribution >= 0.6 is 11.6 Å². The van der Waals surface area contributed by atoms with E-state index in [0.29, 0.717) is 0 Å². The van der Waals surface area contributed by atoms with Crippen LogP contribution in [0.25, 0.3) is 0 Å². The SMILES string of the molecule is C[C@@H](O)c1ccc(N2CCc3ccccc3CC2)c(Cl)c1. The summed E-state index contributed by atoms with van der Waals surface area (Å²) in [5.41, 5.74) is 4.81. The van der Waals surface area contributed by atoms with Crippen molar-refractivity contribution in [2.24, 2.45) is 0 Å². The Labute approximate surface area is 131 Å². The minimum absolute atomic E-state index is 0.482. The van der Waals surface area contributed by atoms with Crippen molar-refractivity contribution in [2.75, 3.05) is 18.0 Å². The van der Waals surface area contributed by atoms with Gasteiger partial charge in [-0.25, -0.2) is 0 Å². The second kappa shape index (κ2) is 6.08. The zero-order valence-electron chi connectivity index (χ0n) is 12.2. The molecule has 2 aromatic rings. The summed E-state index contributed by atoms with van der Waals surface area (Å²) < 4.78 is 0. The van der Waals surface area contributed by atoms with Gasteiger partial charge < -0.3 is 10.0 Å². The molecule has 0 radical (unpaired) electrons. The summed E-state index contributed by atoms with van der Waals surface area (Å²) in [5.74, 6) is 0. The highest BCUT2D eigenvalue weighted by Gasteiger charge is 2.16. The molecule has 1 aliphatic rings. The number of aliphatic hydroxyl groups excluding tert-OH is 1. The van der Waals surface area contributed by atoms with Crippen molar-refractivity contribution >= 4 is 17.3 Å². The van der Waals surface area contributed by atoms with Crippen LogP contribution in [0.5, 0.6) is 0 Å². The Morgan fingerprint density at radius 3 is 2.19 bits per heavy atom. The third kappa shape index (κ3) is 3.07. The third-order valence-electron chi connectivity index (χ3n) is 4.22. The molecule has 0 saturated heterocycles. The Morgan fingerprint density at radius 2 is 1.67 bits per heavy atom. The van der Waals surface area contributed by atoms with Gasteiger partial charge in [0.05, 0.1) is 16.8 Å². The van der Waals surface area contributed by atoms with Crippen LogP contribution in [-0.4, -0.2) is 18.2 Å². The monoisotopic (exact) mass is 301 g/mol. The van der Waals surface area contributed by atoms with Gasteiger partial charge in [0.2, 0.25) is 0 Å². The molecule has 21 heavy (non-hydrogen) atoms. The van der Waals surface area contributed by atoms with Crippen LogP contribution in [0.4, 0.5) is 5.69 Å². The molecular formula is C18H20ClNO. The first-order valence-corrected chi connectivity index (χ1v) is 7.82. The minimum atomic E-state index is -0.482. The second-order valence-corrected chi connectivity index (χ2v) is 6.05. The number of fused-ring (bicyclic) bond motifs is 1. The molecule has 0 unspecified atom stereocenters. The molecule has 3 rings (SSSR count). The van der Waals surface area contributed by atoms with Crippen LogP contribution in [0.2, 0.25) is 5.02 Å². The predicted octanol–water partition coefficient (Wildman–Crippen LogP) is 4.00. The highest BCUT2D eigenvalue weighted by atomic mass is 35.5. The maximum Gasteiger partial charge on any atom is 0.0762 e. The van der Waals surface area contributed by atoms with Crippen LogP contribution in [0.1, 0.15) is 29.7 Å². The lowest BCUT2D eigenvalue weighted by Gasteiger charge is -2.24. The van der Waals surface area contributed by atoms with Gasteiger partial charge in [-0.1, -0.05) is 41.9 Å². The van der Waals surface area contributed by atoms with Crippen molar-refractivity contribution in [3.05, 3.63) is 64.2 Å². The molecule has 1 N–H and O–H groups in total. The van der Waals surface area contributed by atoms with Crippen LogP contribution in [-0.2, 0) is 12.8 Å². The smallest absolute Gasteiger partial charge is 0.0762 e. The van der Waals surface area contributed by atoms with Crippen LogP contribution in [0, 0.1) is 0 Å². The molecule has 0 aliphatic carbocycles. The Bertz CT molecular complexity index is 612. The van der Waals surface area contributed by atoms with Crippen molar-refractivity contribution in [1.29, 1.82) is 0 Å². The molecule has 2 nitrogen and oxygen atoms in total. The highest BCUT2D eigenvalue weighted by Crippen LogP contribution is 2.30.